The summed E-state index contributed by atoms with van der Waals surface area (Å²) < 4.78 is 5.88. The lowest BCUT2D eigenvalue weighted by Gasteiger charge is -2.13. The zero-order valence-corrected chi connectivity index (χ0v) is 13.3. The van der Waals surface area contributed by atoms with Crippen molar-refractivity contribution < 1.29 is 4.74 Å². The minimum absolute atomic E-state index is 0.278. The molecule has 0 radical (unpaired) electrons. The molecular formula is C16H20ClN3O. The van der Waals surface area contributed by atoms with Crippen LogP contribution in [0.25, 0.3) is 0 Å². The number of aromatic nitrogens is 2. The quantitative estimate of drug-likeness (QED) is 0.870. The van der Waals surface area contributed by atoms with Gasteiger partial charge in [-0.05, 0) is 18.7 Å². The summed E-state index contributed by atoms with van der Waals surface area (Å²) >= 11 is 6.13. The van der Waals surface area contributed by atoms with Gasteiger partial charge in [0.1, 0.15) is 17.3 Å². The number of nitrogens with one attached hydrogen (secondary N) is 1. The molecule has 0 fully saturated rings. The van der Waals surface area contributed by atoms with Gasteiger partial charge in [0.2, 0.25) is 0 Å². The molecule has 1 N–H and O–H groups in total. The lowest BCUT2D eigenvalue weighted by atomic mass is 10.2. The molecule has 112 valence electrons. The van der Waals surface area contributed by atoms with Crippen LogP contribution in [0, 0.1) is 0 Å². The van der Waals surface area contributed by atoms with Crippen molar-refractivity contribution in [1.29, 1.82) is 0 Å². The summed E-state index contributed by atoms with van der Waals surface area (Å²) in [5, 5.41) is 3.84. The second-order valence-corrected chi connectivity index (χ2v) is 5.41. The van der Waals surface area contributed by atoms with Gasteiger partial charge in [0.05, 0.1) is 11.2 Å². The third kappa shape index (κ3) is 4.16. The van der Waals surface area contributed by atoms with Crippen molar-refractivity contribution in [2.75, 3.05) is 6.54 Å². The monoisotopic (exact) mass is 305 g/mol. The lowest BCUT2D eigenvalue weighted by molar-refractivity contribution is 0.463. The van der Waals surface area contributed by atoms with E-state index in [-0.39, 0.29) is 5.92 Å². The number of para-hydroxylation sites is 1. The van der Waals surface area contributed by atoms with Crippen molar-refractivity contribution in [3.05, 3.63) is 47.0 Å². The van der Waals surface area contributed by atoms with Crippen molar-refractivity contribution >= 4 is 11.6 Å². The van der Waals surface area contributed by atoms with E-state index in [4.69, 9.17) is 16.3 Å². The van der Waals surface area contributed by atoms with Gasteiger partial charge in [-0.2, -0.15) is 0 Å². The van der Waals surface area contributed by atoms with Gasteiger partial charge in [0.25, 0.3) is 0 Å². The summed E-state index contributed by atoms with van der Waals surface area (Å²) in [4.78, 5) is 8.96. The molecule has 5 heteroatoms. The van der Waals surface area contributed by atoms with Crippen LogP contribution in [0.5, 0.6) is 11.5 Å². The molecule has 1 aromatic heterocycles. The van der Waals surface area contributed by atoms with Crippen LogP contribution in [0.4, 0.5) is 0 Å². The molecule has 0 aliphatic rings. The number of rotatable bonds is 6. The van der Waals surface area contributed by atoms with Gasteiger partial charge in [-0.1, -0.05) is 44.5 Å². The summed E-state index contributed by atoms with van der Waals surface area (Å²) in [7, 11) is 0. The molecule has 0 atom stereocenters. The smallest absolute Gasteiger partial charge is 0.168 e. The Balaban J connectivity index is 2.31. The summed E-state index contributed by atoms with van der Waals surface area (Å²) in [5.41, 5.74) is 0.843. The van der Waals surface area contributed by atoms with Crippen molar-refractivity contribution in [2.24, 2.45) is 0 Å². The number of hydrogen-bond acceptors (Lipinski definition) is 4. The van der Waals surface area contributed by atoms with Crippen LogP contribution >= 0.6 is 11.6 Å². The highest BCUT2D eigenvalue weighted by Crippen LogP contribution is 2.30. The maximum absolute atomic E-state index is 6.13. The maximum Gasteiger partial charge on any atom is 0.168 e. The molecule has 0 bridgehead atoms. The van der Waals surface area contributed by atoms with Crippen LogP contribution < -0.4 is 10.1 Å². The summed E-state index contributed by atoms with van der Waals surface area (Å²) in [6.07, 6.45) is 1.72. The number of nitrogens with zero attached hydrogens (tertiary/aromatic N) is 2. The highest BCUT2D eigenvalue weighted by Gasteiger charge is 2.12. The Morgan fingerprint density at radius 2 is 2.00 bits per heavy atom. The van der Waals surface area contributed by atoms with E-state index < -0.39 is 0 Å². The first kappa shape index (κ1) is 15.7. The van der Waals surface area contributed by atoms with Crippen molar-refractivity contribution in [3.63, 3.8) is 0 Å². The third-order valence-electron chi connectivity index (χ3n) is 2.96. The SMILES string of the molecule is CCNCc1nc(C(C)C)ncc1Oc1ccccc1Cl. The highest BCUT2D eigenvalue weighted by molar-refractivity contribution is 6.32. The molecule has 1 aromatic carbocycles. The van der Waals surface area contributed by atoms with Crippen LogP contribution in [-0.4, -0.2) is 16.5 Å². The van der Waals surface area contributed by atoms with Gasteiger partial charge in [0, 0.05) is 12.5 Å². The standard InChI is InChI=1S/C16H20ClN3O/c1-4-18-9-13-15(10-19-16(20-13)11(2)3)21-14-8-6-5-7-12(14)17/h5-8,10-11,18H,4,9H2,1-3H3. The van der Waals surface area contributed by atoms with Gasteiger partial charge < -0.3 is 10.1 Å². The molecule has 2 rings (SSSR count). The molecule has 0 aliphatic heterocycles. The Labute approximate surface area is 130 Å². The second-order valence-electron chi connectivity index (χ2n) is 5.01. The highest BCUT2D eigenvalue weighted by atomic mass is 35.5. The van der Waals surface area contributed by atoms with E-state index >= 15 is 0 Å². The molecular weight excluding hydrogens is 286 g/mol. The normalized spacial score (nSPS) is 10.9. The Morgan fingerprint density at radius 3 is 2.67 bits per heavy atom. The average Bonchev–Trinajstić information content (AvgIpc) is 2.48. The Kier molecular flexibility index (Phi) is 5.53. The molecule has 0 saturated carbocycles. The average molecular weight is 306 g/mol. The van der Waals surface area contributed by atoms with E-state index in [1.165, 1.54) is 0 Å². The number of halogens is 1. The van der Waals surface area contributed by atoms with E-state index in [1.807, 2.05) is 18.2 Å². The predicted octanol–water partition coefficient (Wildman–Crippen LogP) is 4.16. The zero-order valence-electron chi connectivity index (χ0n) is 12.6. The zero-order chi connectivity index (χ0) is 15.2. The largest absolute Gasteiger partial charge is 0.452 e. The van der Waals surface area contributed by atoms with Gasteiger partial charge >= 0.3 is 0 Å². The Morgan fingerprint density at radius 1 is 1.24 bits per heavy atom. The van der Waals surface area contributed by atoms with Crippen LogP contribution in [0.2, 0.25) is 5.02 Å². The molecule has 0 aliphatic carbocycles. The first-order valence-electron chi connectivity index (χ1n) is 7.10. The van der Waals surface area contributed by atoms with E-state index in [9.17, 15) is 0 Å². The van der Waals surface area contributed by atoms with Gasteiger partial charge in [-0.15, -0.1) is 0 Å². The third-order valence-corrected chi connectivity index (χ3v) is 3.28. The van der Waals surface area contributed by atoms with Crippen molar-refractivity contribution in [2.45, 2.75) is 33.2 Å². The van der Waals surface area contributed by atoms with Crippen LogP contribution in [0.1, 0.15) is 38.2 Å². The van der Waals surface area contributed by atoms with E-state index in [0.29, 0.717) is 23.1 Å². The molecule has 2 aromatic rings. The molecule has 0 amide bonds. The van der Waals surface area contributed by atoms with Crippen molar-refractivity contribution in [3.8, 4) is 11.5 Å². The van der Waals surface area contributed by atoms with Gasteiger partial charge in [0.15, 0.2) is 5.75 Å². The molecule has 0 spiro atoms. The minimum atomic E-state index is 0.278. The molecule has 21 heavy (non-hydrogen) atoms. The second kappa shape index (κ2) is 7.38. The fraction of sp³-hybridized carbons (Fsp3) is 0.375. The fourth-order valence-electron chi connectivity index (χ4n) is 1.80. The molecule has 4 nitrogen and oxygen atoms in total. The Hall–Kier alpha value is -1.65. The number of benzene rings is 1. The number of hydrogen-bond donors (Lipinski definition) is 1. The van der Waals surface area contributed by atoms with E-state index in [1.54, 1.807) is 12.3 Å². The fourth-order valence-corrected chi connectivity index (χ4v) is 1.98. The number of ether oxygens (including phenoxy) is 1. The van der Waals surface area contributed by atoms with Crippen molar-refractivity contribution in [1.82, 2.24) is 15.3 Å². The lowest BCUT2D eigenvalue weighted by Crippen LogP contribution is -2.15. The van der Waals surface area contributed by atoms with Crippen LogP contribution in [0.15, 0.2) is 30.5 Å². The molecule has 1 heterocycles. The van der Waals surface area contributed by atoms with Gasteiger partial charge in [-0.3, -0.25) is 0 Å². The first-order chi connectivity index (χ1) is 10.1. The first-order valence-corrected chi connectivity index (χ1v) is 7.48. The van der Waals surface area contributed by atoms with E-state index in [2.05, 4.69) is 36.1 Å². The van der Waals surface area contributed by atoms with Gasteiger partial charge in [-0.25, -0.2) is 9.97 Å². The maximum atomic E-state index is 6.13. The summed E-state index contributed by atoms with van der Waals surface area (Å²) in [5.74, 6) is 2.33. The summed E-state index contributed by atoms with van der Waals surface area (Å²) in [6.45, 7) is 7.70. The predicted molar refractivity (Wildman–Crippen MR) is 85.0 cm³/mol. The molecule has 0 unspecified atom stereocenters. The summed E-state index contributed by atoms with van der Waals surface area (Å²) in [6, 6.07) is 7.38. The van der Waals surface area contributed by atoms with Crippen LogP contribution in [-0.2, 0) is 6.54 Å². The van der Waals surface area contributed by atoms with E-state index in [0.717, 1.165) is 18.1 Å². The van der Waals surface area contributed by atoms with Crippen LogP contribution in [0.3, 0.4) is 0 Å². The minimum Gasteiger partial charge on any atom is -0.452 e. The molecule has 0 saturated heterocycles. The Bertz CT molecular complexity index is 602. The topological polar surface area (TPSA) is 47.0 Å².